The van der Waals surface area contributed by atoms with Crippen LogP contribution >= 0.6 is 0 Å². The van der Waals surface area contributed by atoms with Crippen LogP contribution in [0.15, 0.2) is 36.4 Å². The van der Waals surface area contributed by atoms with Gasteiger partial charge >= 0.3 is 0 Å². The Morgan fingerprint density at radius 3 is 1.83 bits per heavy atom. The molecule has 4 rings (SSSR count). The second-order valence-electron chi connectivity index (χ2n) is 4.81. The first-order valence-corrected chi connectivity index (χ1v) is 6.31. The summed E-state index contributed by atoms with van der Waals surface area (Å²) in [6, 6.07) is 13.1. The predicted molar refractivity (Wildman–Crippen MR) is 74.7 cm³/mol. The van der Waals surface area contributed by atoms with Gasteiger partial charge < -0.3 is 0 Å². The Morgan fingerprint density at radius 1 is 0.667 bits per heavy atom. The molecule has 2 aromatic carbocycles. The summed E-state index contributed by atoms with van der Waals surface area (Å²) < 4.78 is 0. The zero-order chi connectivity index (χ0) is 11.9. The maximum Gasteiger partial charge on any atom is -0.00164 e. The van der Waals surface area contributed by atoms with Gasteiger partial charge in [-0.15, -0.1) is 0 Å². The quantitative estimate of drug-likeness (QED) is 0.637. The molecular weight excluding hydrogens is 216 g/mol. The fourth-order valence-electron chi connectivity index (χ4n) is 2.93. The van der Waals surface area contributed by atoms with Crippen LogP contribution in [0.2, 0.25) is 0 Å². The Kier molecular flexibility index (Phi) is 2.04. The summed E-state index contributed by atoms with van der Waals surface area (Å²) >= 11 is 0. The van der Waals surface area contributed by atoms with Gasteiger partial charge in [0.2, 0.25) is 0 Å². The van der Waals surface area contributed by atoms with Crippen LogP contribution in [0.25, 0.3) is 23.3 Å². The van der Waals surface area contributed by atoms with Crippen LogP contribution < -0.4 is 0 Å². The monoisotopic (exact) mass is 228 g/mol. The van der Waals surface area contributed by atoms with Crippen LogP contribution in [-0.4, -0.2) is 0 Å². The molecule has 84 valence electrons. The molecule has 18 heavy (non-hydrogen) atoms. The van der Waals surface area contributed by atoms with Gasteiger partial charge in [-0.2, -0.15) is 0 Å². The van der Waals surface area contributed by atoms with Crippen LogP contribution in [0.5, 0.6) is 0 Å². The minimum Gasteiger partial charge on any atom is -0.0617 e. The molecule has 0 heteroatoms. The third kappa shape index (κ3) is 1.32. The molecule has 0 N–H and O–H groups in total. The average molecular weight is 228 g/mol. The molecular formula is C18H12. The van der Waals surface area contributed by atoms with Crippen LogP contribution in [0.4, 0.5) is 0 Å². The van der Waals surface area contributed by atoms with Crippen molar-refractivity contribution >= 4 is 12.2 Å². The Bertz CT molecular complexity index is 635. The van der Waals surface area contributed by atoms with Crippen molar-refractivity contribution in [1.29, 1.82) is 0 Å². The number of allylic oxidation sites excluding steroid dienone is 2. The van der Waals surface area contributed by atoms with Crippen LogP contribution in [-0.2, 0) is 12.8 Å². The summed E-state index contributed by atoms with van der Waals surface area (Å²) in [5.74, 6) is 0. The highest BCUT2D eigenvalue weighted by atomic mass is 14.2. The van der Waals surface area contributed by atoms with Gasteiger partial charge in [0.15, 0.2) is 0 Å². The minimum absolute atomic E-state index is 0.900. The molecule has 0 spiro atoms. The second kappa shape index (κ2) is 3.71. The lowest BCUT2D eigenvalue weighted by molar-refractivity contribution is 1.20. The summed E-state index contributed by atoms with van der Waals surface area (Å²) in [5.41, 5.74) is 8.08. The third-order valence-corrected chi connectivity index (χ3v) is 3.72. The van der Waals surface area contributed by atoms with E-state index in [0.717, 1.165) is 12.8 Å². The number of rotatable bonds is 0. The van der Waals surface area contributed by atoms with Crippen molar-refractivity contribution in [1.82, 2.24) is 0 Å². The van der Waals surface area contributed by atoms with E-state index in [1.807, 2.05) is 0 Å². The van der Waals surface area contributed by atoms with Crippen LogP contribution in [0.3, 0.4) is 0 Å². The lowest BCUT2D eigenvalue weighted by Gasteiger charge is -2.14. The van der Waals surface area contributed by atoms with Crippen molar-refractivity contribution in [2.75, 3.05) is 0 Å². The van der Waals surface area contributed by atoms with Crippen molar-refractivity contribution in [3.05, 3.63) is 70.8 Å². The van der Waals surface area contributed by atoms with Crippen molar-refractivity contribution in [2.45, 2.75) is 12.8 Å². The van der Waals surface area contributed by atoms with E-state index < -0.39 is 0 Å². The number of hydrogen-bond donors (Lipinski definition) is 0. The predicted octanol–water partition coefficient (Wildman–Crippen LogP) is 4.10. The Hall–Kier alpha value is -2.08. The minimum atomic E-state index is 0.900. The van der Waals surface area contributed by atoms with E-state index in [1.165, 1.54) is 33.4 Å². The lowest BCUT2D eigenvalue weighted by Crippen LogP contribution is -1.94. The van der Waals surface area contributed by atoms with Crippen LogP contribution in [0, 0.1) is 12.2 Å². The van der Waals surface area contributed by atoms with Gasteiger partial charge in [0, 0.05) is 0 Å². The topological polar surface area (TPSA) is 0 Å². The molecule has 0 atom stereocenters. The highest BCUT2D eigenvalue weighted by Crippen LogP contribution is 2.38. The molecule has 2 aromatic rings. The second-order valence-corrected chi connectivity index (χ2v) is 4.81. The molecule has 0 heterocycles. The summed E-state index contributed by atoms with van der Waals surface area (Å²) in [7, 11) is 0. The van der Waals surface area contributed by atoms with Crippen molar-refractivity contribution < 1.29 is 0 Å². The Labute approximate surface area is 107 Å². The fraction of sp³-hybridized carbons (Fsp3) is 0.111. The first-order valence-electron chi connectivity index (χ1n) is 6.31. The van der Waals surface area contributed by atoms with E-state index in [0.29, 0.717) is 0 Å². The molecule has 0 nitrogen and oxygen atoms in total. The van der Waals surface area contributed by atoms with E-state index in [1.54, 1.807) is 0 Å². The fourth-order valence-corrected chi connectivity index (χ4v) is 2.93. The number of hydrogen-bond acceptors (Lipinski definition) is 0. The van der Waals surface area contributed by atoms with E-state index in [-0.39, 0.29) is 0 Å². The summed E-state index contributed by atoms with van der Waals surface area (Å²) in [5, 5.41) is 0. The molecule has 2 aliphatic rings. The van der Waals surface area contributed by atoms with E-state index in [9.17, 15) is 0 Å². The normalized spacial score (nSPS) is 14.9. The maximum atomic E-state index is 3.40. The zero-order valence-electron chi connectivity index (χ0n) is 10.0. The largest absolute Gasteiger partial charge is 0.0617 e. The van der Waals surface area contributed by atoms with Gasteiger partial charge in [0.1, 0.15) is 0 Å². The highest BCUT2D eigenvalue weighted by Gasteiger charge is 2.18. The smallest absolute Gasteiger partial charge is 0.00164 e. The van der Waals surface area contributed by atoms with Gasteiger partial charge in [-0.3, -0.25) is 0 Å². The average Bonchev–Trinajstić information content (AvgIpc) is 2.70. The van der Waals surface area contributed by atoms with E-state index in [2.05, 4.69) is 60.7 Å². The molecule has 0 aliphatic heterocycles. The molecule has 0 saturated heterocycles. The molecule has 0 unspecified atom stereocenters. The molecule has 2 radical (unpaired) electrons. The third-order valence-electron chi connectivity index (χ3n) is 3.72. The summed E-state index contributed by atoms with van der Waals surface area (Å²) in [6.07, 6.45) is 12.9. The molecule has 2 aliphatic carbocycles. The van der Waals surface area contributed by atoms with Gasteiger partial charge in [0.25, 0.3) is 0 Å². The van der Waals surface area contributed by atoms with Crippen molar-refractivity contribution in [3.63, 3.8) is 0 Å². The summed E-state index contributed by atoms with van der Waals surface area (Å²) in [6.45, 7) is 0. The zero-order valence-corrected chi connectivity index (χ0v) is 10.0. The Morgan fingerprint density at radius 2 is 1.22 bits per heavy atom. The molecule has 0 fully saturated rings. The van der Waals surface area contributed by atoms with Gasteiger partial charge in [0.05, 0.1) is 0 Å². The molecule has 0 saturated carbocycles. The molecule has 0 aromatic heterocycles. The standard InChI is InChI=1S/C18H12/c1-5-13-9-3-11-15-7-2-8-16-12-4-10-14(6-1)17(13)18(15)16/h1-2,5-10H,11-12H2. The van der Waals surface area contributed by atoms with E-state index in [4.69, 9.17) is 0 Å². The van der Waals surface area contributed by atoms with Gasteiger partial charge in [-0.1, -0.05) is 48.6 Å². The molecule has 0 bridgehead atoms. The van der Waals surface area contributed by atoms with Gasteiger partial charge in [-0.05, 0) is 58.4 Å². The lowest BCUT2D eigenvalue weighted by atomic mass is 9.89. The highest BCUT2D eigenvalue weighted by molar-refractivity contribution is 5.88. The maximum absolute atomic E-state index is 3.40. The first kappa shape index (κ1) is 9.90. The van der Waals surface area contributed by atoms with Crippen molar-refractivity contribution in [3.8, 4) is 11.1 Å². The SMILES string of the molecule is [C]1=Cc2cccc3c2-c2c(cccc2C[C]=C3)C1. The van der Waals surface area contributed by atoms with Crippen LogP contribution in [0.1, 0.15) is 22.3 Å². The number of benzene rings is 2. The Balaban J connectivity index is 2.20. The van der Waals surface area contributed by atoms with Gasteiger partial charge in [-0.25, -0.2) is 0 Å². The van der Waals surface area contributed by atoms with E-state index >= 15 is 0 Å². The first-order chi connectivity index (χ1) is 8.93. The van der Waals surface area contributed by atoms with Crippen molar-refractivity contribution in [2.24, 2.45) is 0 Å². The summed E-state index contributed by atoms with van der Waals surface area (Å²) in [4.78, 5) is 0. The molecule has 0 amide bonds.